The van der Waals surface area contributed by atoms with Crippen molar-refractivity contribution in [3.05, 3.63) is 29.8 Å². The lowest BCUT2D eigenvalue weighted by Crippen LogP contribution is -2.22. The average Bonchev–Trinajstić information content (AvgIpc) is 3.31. The molecule has 0 aliphatic heterocycles. The highest BCUT2D eigenvalue weighted by Crippen LogP contribution is 2.30. The summed E-state index contributed by atoms with van der Waals surface area (Å²) in [5.74, 6) is 0.364. The second-order valence-electron chi connectivity index (χ2n) is 5.48. The highest BCUT2D eigenvalue weighted by Gasteiger charge is 2.29. The lowest BCUT2D eigenvalue weighted by atomic mass is 10.2. The first-order valence-corrected chi connectivity index (χ1v) is 7.55. The molecule has 4 N–H and O–H groups in total. The number of unbranched alkanes of at least 4 members (excludes halogenated alkanes) is 1. The number of rotatable bonds is 8. The van der Waals surface area contributed by atoms with E-state index in [9.17, 15) is 9.59 Å². The first-order valence-electron chi connectivity index (χ1n) is 7.55. The largest absolute Gasteiger partial charge is 0.352 e. The molecule has 0 saturated heterocycles. The number of amides is 2. The fourth-order valence-electron chi connectivity index (χ4n) is 2.01. The third kappa shape index (κ3) is 5.55. The third-order valence-electron chi connectivity index (χ3n) is 3.52. The summed E-state index contributed by atoms with van der Waals surface area (Å²) in [7, 11) is 0. The second-order valence-corrected chi connectivity index (χ2v) is 5.48. The summed E-state index contributed by atoms with van der Waals surface area (Å²) < 4.78 is 0. The molecule has 1 aliphatic carbocycles. The van der Waals surface area contributed by atoms with Crippen LogP contribution in [0.5, 0.6) is 0 Å². The normalized spacial score (nSPS) is 13.8. The van der Waals surface area contributed by atoms with Crippen molar-refractivity contribution >= 4 is 17.5 Å². The van der Waals surface area contributed by atoms with Gasteiger partial charge in [-0.3, -0.25) is 9.59 Å². The monoisotopic (exact) mass is 289 g/mol. The maximum atomic E-state index is 11.6. The van der Waals surface area contributed by atoms with Gasteiger partial charge in [0.2, 0.25) is 11.8 Å². The minimum absolute atomic E-state index is 0.0505. The molecule has 114 valence electrons. The van der Waals surface area contributed by atoms with Crippen molar-refractivity contribution in [2.45, 2.75) is 38.6 Å². The molecule has 5 nitrogen and oxygen atoms in total. The van der Waals surface area contributed by atoms with Gasteiger partial charge in [-0.25, -0.2) is 0 Å². The van der Waals surface area contributed by atoms with Crippen LogP contribution in [0.2, 0.25) is 0 Å². The zero-order valence-electron chi connectivity index (χ0n) is 12.2. The predicted octanol–water partition coefficient (Wildman–Crippen LogP) is 1.78. The van der Waals surface area contributed by atoms with Gasteiger partial charge in [-0.2, -0.15) is 0 Å². The molecular weight excluding hydrogens is 266 g/mol. The number of benzene rings is 1. The van der Waals surface area contributed by atoms with Crippen molar-refractivity contribution in [2.24, 2.45) is 11.7 Å². The van der Waals surface area contributed by atoms with Crippen LogP contribution in [0.25, 0.3) is 0 Å². The number of hydrogen-bond acceptors (Lipinski definition) is 3. The molecule has 0 radical (unpaired) electrons. The molecule has 0 atom stereocenters. The van der Waals surface area contributed by atoms with E-state index in [1.54, 1.807) is 0 Å². The van der Waals surface area contributed by atoms with Crippen LogP contribution >= 0.6 is 0 Å². The Morgan fingerprint density at radius 2 is 1.86 bits per heavy atom. The Hall–Kier alpha value is -1.88. The van der Waals surface area contributed by atoms with Gasteiger partial charge >= 0.3 is 0 Å². The zero-order chi connectivity index (χ0) is 15.1. The lowest BCUT2D eigenvalue weighted by molar-refractivity contribution is -0.121. The van der Waals surface area contributed by atoms with Gasteiger partial charge in [0.05, 0.1) is 0 Å². The van der Waals surface area contributed by atoms with E-state index < -0.39 is 0 Å². The van der Waals surface area contributed by atoms with Crippen molar-refractivity contribution in [3.8, 4) is 0 Å². The predicted molar refractivity (Wildman–Crippen MR) is 82.5 cm³/mol. The molecule has 2 rings (SSSR count). The quantitative estimate of drug-likeness (QED) is 0.638. The Morgan fingerprint density at radius 3 is 2.48 bits per heavy atom. The number of hydrogen-bond donors (Lipinski definition) is 3. The van der Waals surface area contributed by atoms with E-state index in [0.29, 0.717) is 19.5 Å². The van der Waals surface area contributed by atoms with Crippen molar-refractivity contribution in [3.63, 3.8) is 0 Å². The minimum Gasteiger partial charge on any atom is -0.352 e. The molecular formula is C16H23N3O2. The molecule has 5 heteroatoms. The van der Waals surface area contributed by atoms with Gasteiger partial charge in [-0.05, 0) is 49.9 Å². The van der Waals surface area contributed by atoms with E-state index in [4.69, 9.17) is 5.73 Å². The third-order valence-corrected chi connectivity index (χ3v) is 3.52. The molecule has 1 fully saturated rings. The topological polar surface area (TPSA) is 84.2 Å². The van der Waals surface area contributed by atoms with Crippen LogP contribution in [0.4, 0.5) is 5.69 Å². The van der Waals surface area contributed by atoms with Crippen molar-refractivity contribution in [1.29, 1.82) is 0 Å². The molecule has 0 aromatic heterocycles. The summed E-state index contributed by atoms with van der Waals surface area (Å²) in [6.07, 6.45) is 4.23. The number of nitrogens with two attached hydrogens (primary N) is 1. The number of anilines is 1. The SMILES string of the molecule is NCCCCC(=O)NCc1ccc(NC(=O)C2CC2)cc1. The van der Waals surface area contributed by atoms with E-state index in [2.05, 4.69) is 10.6 Å². The first kappa shape index (κ1) is 15.5. The van der Waals surface area contributed by atoms with E-state index in [-0.39, 0.29) is 17.7 Å². The first-order chi connectivity index (χ1) is 10.2. The maximum absolute atomic E-state index is 11.6. The molecule has 2 amide bonds. The van der Waals surface area contributed by atoms with Crippen molar-refractivity contribution in [1.82, 2.24) is 5.32 Å². The number of carbonyl (C=O) groups excluding carboxylic acids is 2. The second kappa shape index (κ2) is 7.78. The van der Waals surface area contributed by atoms with Crippen LogP contribution in [-0.4, -0.2) is 18.4 Å². The standard InChI is InChI=1S/C16H23N3O2/c17-10-2-1-3-15(20)18-11-12-4-8-14(9-5-12)19-16(21)13-6-7-13/h4-5,8-9,13H,1-3,6-7,10-11,17H2,(H,18,20)(H,19,21). The molecule has 0 heterocycles. The molecule has 1 aliphatic rings. The minimum atomic E-state index is 0.0505. The van der Waals surface area contributed by atoms with Crippen LogP contribution in [0, 0.1) is 5.92 Å². The van der Waals surface area contributed by atoms with Gasteiger partial charge in [-0.1, -0.05) is 12.1 Å². The molecule has 0 spiro atoms. The van der Waals surface area contributed by atoms with E-state index in [1.807, 2.05) is 24.3 Å². The molecule has 0 unspecified atom stereocenters. The molecule has 21 heavy (non-hydrogen) atoms. The summed E-state index contributed by atoms with van der Waals surface area (Å²) in [6, 6.07) is 7.58. The molecule has 1 aromatic carbocycles. The van der Waals surface area contributed by atoms with Gasteiger partial charge in [-0.15, -0.1) is 0 Å². The maximum Gasteiger partial charge on any atom is 0.227 e. The highest BCUT2D eigenvalue weighted by atomic mass is 16.2. The van der Waals surface area contributed by atoms with Crippen molar-refractivity contribution < 1.29 is 9.59 Å². The van der Waals surface area contributed by atoms with E-state index in [0.717, 1.165) is 36.9 Å². The fourth-order valence-corrected chi connectivity index (χ4v) is 2.01. The number of carbonyl (C=O) groups is 2. The summed E-state index contributed by atoms with van der Waals surface area (Å²) in [4.78, 5) is 23.2. The van der Waals surface area contributed by atoms with Gasteiger partial charge in [0.15, 0.2) is 0 Å². The summed E-state index contributed by atoms with van der Waals surface area (Å²) in [6.45, 7) is 1.14. The van der Waals surface area contributed by atoms with E-state index in [1.165, 1.54) is 0 Å². The van der Waals surface area contributed by atoms with Crippen LogP contribution in [0.1, 0.15) is 37.7 Å². The van der Waals surface area contributed by atoms with Gasteiger partial charge in [0.1, 0.15) is 0 Å². The smallest absolute Gasteiger partial charge is 0.227 e. The zero-order valence-corrected chi connectivity index (χ0v) is 12.2. The molecule has 0 bridgehead atoms. The van der Waals surface area contributed by atoms with Crippen molar-refractivity contribution in [2.75, 3.05) is 11.9 Å². The number of nitrogens with one attached hydrogen (secondary N) is 2. The fraction of sp³-hybridized carbons (Fsp3) is 0.500. The van der Waals surface area contributed by atoms with Crippen LogP contribution in [0.15, 0.2) is 24.3 Å². The Labute approximate surface area is 125 Å². The Bertz CT molecular complexity index is 481. The summed E-state index contributed by atoms with van der Waals surface area (Å²) in [5.41, 5.74) is 7.22. The van der Waals surface area contributed by atoms with Gasteiger partial charge < -0.3 is 16.4 Å². The Morgan fingerprint density at radius 1 is 1.14 bits per heavy atom. The van der Waals surface area contributed by atoms with Crippen LogP contribution in [-0.2, 0) is 16.1 Å². The van der Waals surface area contributed by atoms with Crippen LogP contribution < -0.4 is 16.4 Å². The highest BCUT2D eigenvalue weighted by molar-refractivity contribution is 5.94. The average molecular weight is 289 g/mol. The lowest BCUT2D eigenvalue weighted by Gasteiger charge is -2.07. The van der Waals surface area contributed by atoms with E-state index >= 15 is 0 Å². The molecule has 1 saturated carbocycles. The van der Waals surface area contributed by atoms with Gasteiger partial charge in [0.25, 0.3) is 0 Å². The summed E-state index contributed by atoms with van der Waals surface area (Å²) in [5, 5.41) is 5.77. The van der Waals surface area contributed by atoms with Gasteiger partial charge in [0, 0.05) is 24.6 Å². The Balaban J connectivity index is 1.71. The summed E-state index contributed by atoms with van der Waals surface area (Å²) >= 11 is 0. The van der Waals surface area contributed by atoms with Crippen LogP contribution in [0.3, 0.4) is 0 Å². The Kier molecular flexibility index (Phi) is 5.75. The molecule has 1 aromatic rings.